The number of hydrogen-bond donors (Lipinski definition) is 0. The Morgan fingerprint density at radius 1 is 0.727 bits per heavy atom. The fourth-order valence-electron chi connectivity index (χ4n) is 2.00. The van der Waals surface area contributed by atoms with Crippen LogP contribution in [0.2, 0.25) is 16.6 Å². The van der Waals surface area contributed by atoms with E-state index in [1.807, 2.05) is 0 Å². The average molecular weight is 189 g/mol. The molecule has 0 spiro atoms. The van der Waals surface area contributed by atoms with Crippen LogP contribution >= 0.6 is 12.1 Å². The third-order valence-electron chi connectivity index (χ3n) is 2.71. The Labute approximate surface area is 77.8 Å². The zero-order valence-electron chi connectivity index (χ0n) is 8.64. The lowest BCUT2D eigenvalue weighted by molar-refractivity contribution is 0.852. The summed E-state index contributed by atoms with van der Waals surface area (Å²) >= 11 is 5.81. The maximum Gasteiger partial charge on any atom is 0.138 e. The zero-order chi connectivity index (χ0) is 9.23. The van der Waals surface area contributed by atoms with Gasteiger partial charge in [-0.15, -0.1) is 12.1 Å². The van der Waals surface area contributed by atoms with E-state index in [1.165, 1.54) is 0 Å². The van der Waals surface area contributed by atoms with Gasteiger partial charge >= 0.3 is 0 Å². The van der Waals surface area contributed by atoms with Crippen molar-refractivity contribution in [1.82, 2.24) is 0 Å². The molecule has 11 heavy (non-hydrogen) atoms. The minimum Gasteiger partial charge on any atom is -0.126 e. The average Bonchev–Trinajstić information content (AvgIpc) is 1.84. The highest BCUT2D eigenvalue weighted by atomic mass is 32.3. The summed E-state index contributed by atoms with van der Waals surface area (Å²) in [4.78, 5) is 0. The summed E-state index contributed by atoms with van der Waals surface area (Å²) < 4.78 is 0. The molecule has 2 heteroatoms. The quantitative estimate of drug-likeness (QED) is 0.579. The number of rotatable bonds is 3. The van der Waals surface area contributed by atoms with Crippen LogP contribution in [0.5, 0.6) is 0 Å². The summed E-state index contributed by atoms with van der Waals surface area (Å²) in [6.45, 7) is 13.7. The van der Waals surface area contributed by atoms with Gasteiger partial charge in [-0.25, -0.2) is 0 Å². The van der Waals surface area contributed by atoms with E-state index in [1.54, 1.807) is 0 Å². The van der Waals surface area contributed by atoms with E-state index in [-0.39, 0.29) is 0 Å². The van der Waals surface area contributed by atoms with Gasteiger partial charge in [-0.1, -0.05) is 41.5 Å². The molecule has 0 atom stereocenters. The molecule has 1 radical (unpaired) electrons. The molecule has 0 nitrogen and oxygen atoms in total. The van der Waals surface area contributed by atoms with E-state index in [4.69, 9.17) is 12.1 Å². The summed E-state index contributed by atoms with van der Waals surface area (Å²) in [6, 6.07) is 0. The largest absolute Gasteiger partial charge is 0.138 e. The fraction of sp³-hybridized carbons (Fsp3) is 1.00. The van der Waals surface area contributed by atoms with Crippen LogP contribution in [0.3, 0.4) is 0 Å². The van der Waals surface area contributed by atoms with Crippen LogP contribution < -0.4 is 0 Å². The molecule has 0 aliphatic carbocycles. The molecule has 67 valence electrons. The van der Waals surface area contributed by atoms with E-state index in [9.17, 15) is 0 Å². The summed E-state index contributed by atoms with van der Waals surface area (Å²) in [5, 5.41) is 0. The Morgan fingerprint density at radius 3 is 0.909 bits per heavy atom. The SMILES string of the molecule is CC(C)[Si]([S])(C(C)C)C(C)C. The van der Waals surface area contributed by atoms with Crippen molar-refractivity contribution in [2.45, 2.75) is 58.2 Å². The number of hydrogen-bond acceptors (Lipinski definition) is 0. The Balaban J connectivity index is 4.53. The first-order chi connectivity index (χ1) is 4.83. The van der Waals surface area contributed by atoms with Gasteiger partial charge in [-0.2, -0.15) is 0 Å². The van der Waals surface area contributed by atoms with Crippen LogP contribution in [0.15, 0.2) is 0 Å². The second kappa shape index (κ2) is 3.99. The first-order valence-electron chi connectivity index (χ1n) is 4.53. The van der Waals surface area contributed by atoms with E-state index in [0.29, 0.717) is 0 Å². The molecule has 0 aromatic rings. The first kappa shape index (κ1) is 11.6. The van der Waals surface area contributed by atoms with Gasteiger partial charge in [-0.05, 0) is 16.6 Å². The molecular weight excluding hydrogens is 168 g/mol. The zero-order valence-corrected chi connectivity index (χ0v) is 10.5. The van der Waals surface area contributed by atoms with Crippen LogP contribution in [-0.4, -0.2) is 7.22 Å². The van der Waals surface area contributed by atoms with E-state index in [2.05, 4.69) is 41.5 Å². The van der Waals surface area contributed by atoms with Gasteiger partial charge in [0.25, 0.3) is 0 Å². The molecule has 0 amide bonds. The smallest absolute Gasteiger partial charge is 0.126 e. The summed E-state index contributed by atoms with van der Waals surface area (Å²) in [6.07, 6.45) is 0. The molecule has 0 saturated heterocycles. The lowest BCUT2D eigenvalue weighted by Crippen LogP contribution is -2.38. The van der Waals surface area contributed by atoms with Crippen LogP contribution in [0.1, 0.15) is 41.5 Å². The van der Waals surface area contributed by atoms with Crippen LogP contribution in [0.25, 0.3) is 0 Å². The highest BCUT2D eigenvalue weighted by Crippen LogP contribution is 2.43. The van der Waals surface area contributed by atoms with Gasteiger partial charge in [-0.3, -0.25) is 0 Å². The van der Waals surface area contributed by atoms with Gasteiger partial charge < -0.3 is 0 Å². The van der Waals surface area contributed by atoms with Crippen molar-refractivity contribution in [2.24, 2.45) is 0 Å². The molecule has 0 aliphatic heterocycles. The highest BCUT2D eigenvalue weighted by Gasteiger charge is 2.40. The van der Waals surface area contributed by atoms with Crippen LogP contribution in [0.4, 0.5) is 0 Å². The molecular formula is C9H21SSi. The summed E-state index contributed by atoms with van der Waals surface area (Å²) in [7, 11) is -1.40. The lowest BCUT2D eigenvalue weighted by atomic mass is 10.5. The molecule has 0 heterocycles. The minimum atomic E-state index is -1.40. The van der Waals surface area contributed by atoms with Crippen LogP contribution in [0, 0.1) is 0 Å². The Kier molecular flexibility index (Phi) is 4.20. The van der Waals surface area contributed by atoms with Gasteiger partial charge in [0, 0.05) is 0 Å². The maximum atomic E-state index is 5.81. The molecule has 0 fully saturated rings. The normalized spacial score (nSPS) is 13.6. The fourth-order valence-corrected chi connectivity index (χ4v) is 6.00. The van der Waals surface area contributed by atoms with Crippen molar-refractivity contribution >= 4 is 19.3 Å². The molecule has 0 rings (SSSR count). The molecule has 0 unspecified atom stereocenters. The first-order valence-corrected chi connectivity index (χ1v) is 7.90. The van der Waals surface area contributed by atoms with E-state index in [0.717, 1.165) is 16.6 Å². The Morgan fingerprint density at radius 2 is 0.909 bits per heavy atom. The van der Waals surface area contributed by atoms with Gasteiger partial charge in [0.1, 0.15) is 7.22 Å². The Hall–Kier alpha value is 0.567. The second-order valence-electron chi connectivity index (χ2n) is 4.32. The molecule has 0 aromatic heterocycles. The summed E-state index contributed by atoms with van der Waals surface area (Å²) in [5.41, 5.74) is 2.20. The van der Waals surface area contributed by atoms with Crippen molar-refractivity contribution < 1.29 is 0 Å². The molecule has 0 aliphatic rings. The van der Waals surface area contributed by atoms with Crippen molar-refractivity contribution in [3.63, 3.8) is 0 Å². The molecule has 0 N–H and O–H groups in total. The predicted molar refractivity (Wildman–Crippen MR) is 58.6 cm³/mol. The Bertz CT molecular complexity index is 97.0. The molecule has 0 aromatic carbocycles. The highest BCUT2D eigenvalue weighted by molar-refractivity contribution is 8.15. The van der Waals surface area contributed by atoms with Gasteiger partial charge in [0.15, 0.2) is 0 Å². The van der Waals surface area contributed by atoms with E-state index < -0.39 is 7.22 Å². The third-order valence-corrected chi connectivity index (χ3v) is 12.4. The van der Waals surface area contributed by atoms with Crippen molar-refractivity contribution in [2.75, 3.05) is 0 Å². The second-order valence-corrected chi connectivity index (χ2v) is 11.6. The third kappa shape index (κ3) is 2.25. The lowest BCUT2D eigenvalue weighted by Gasteiger charge is -2.37. The van der Waals surface area contributed by atoms with Gasteiger partial charge in [0.2, 0.25) is 0 Å². The maximum absolute atomic E-state index is 5.81. The molecule has 0 saturated carbocycles. The topological polar surface area (TPSA) is 0 Å². The van der Waals surface area contributed by atoms with Crippen molar-refractivity contribution in [3.8, 4) is 0 Å². The monoisotopic (exact) mass is 189 g/mol. The van der Waals surface area contributed by atoms with E-state index >= 15 is 0 Å². The predicted octanol–water partition coefficient (Wildman–Crippen LogP) is 4.36. The van der Waals surface area contributed by atoms with Crippen LogP contribution in [-0.2, 0) is 0 Å². The minimum absolute atomic E-state index is 0.734. The van der Waals surface area contributed by atoms with Gasteiger partial charge in [0.05, 0.1) is 0 Å². The summed E-state index contributed by atoms with van der Waals surface area (Å²) in [5.74, 6) is 0. The standard InChI is InChI=1S/C9H21SSi/c1-7(2)11(10,8(3)4)9(5)6/h7-9H,1-6H3. The molecule has 0 bridgehead atoms. The van der Waals surface area contributed by atoms with Crippen molar-refractivity contribution in [3.05, 3.63) is 0 Å². The van der Waals surface area contributed by atoms with Crippen molar-refractivity contribution in [1.29, 1.82) is 0 Å².